The fraction of sp³-hybridized carbons (Fsp3) is 0.250. The molecule has 0 fully saturated rings. The molecule has 0 saturated carbocycles. The van der Waals surface area contributed by atoms with Gasteiger partial charge in [0.2, 0.25) is 0 Å². The molecule has 1 aromatic heterocycles. The predicted octanol–water partition coefficient (Wildman–Crippen LogP) is 4.08. The second kappa shape index (κ2) is 6.18. The number of carbonyl (C=O) groups is 1. The minimum absolute atomic E-state index is 0.0783. The second-order valence-corrected chi connectivity index (χ2v) is 6.85. The van der Waals surface area contributed by atoms with E-state index in [1.54, 1.807) is 0 Å². The smallest absolute Gasteiger partial charge is 0.269 e. The van der Waals surface area contributed by atoms with E-state index in [4.69, 9.17) is 0 Å². The van der Waals surface area contributed by atoms with E-state index in [1.165, 1.54) is 35.6 Å². The van der Waals surface area contributed by atoms with E-state index in [2.05, 4.69) is 11.4 Å². The fourth-order valence-corrected chi connectivity index (χ4v) is 3.15. The number of non-ortho nitro benzene ring substituents is 1. The van der Waals surface area contributed by atoms with Crippen molar-refractivity contribution in [3.8, 4) is 6.07 Å². The van der Waals surface area contributed by atoms with Crippen molar-refractivity contribution in [2.24, 2.45) is 0 Å². The third kappa shape index (κ3) is 3.55. The molecule has 0 aliphatic carbocycles. The van der Waals surface area contributed by atoms with E-state index in [1.807, 2.05) is 26.2 Å². The Hall–Kier alpha value is -2.72. The van der Waals surface area contributed by atoms with Crippen LogP contribution in [0.25, 0.3) is 0 Å². The van der Waals surface area contributed by atoms with Crippen LogP contribution in [0.15, 0.2) is 29.6 Å². The highest BCUT2D eigenvalue weighted by Gasteiger charge is 2.23. The van der Waals surface area contributed by atoms with Gasteiger partial charge in [0.05, 0.1) is 10.5 Å². The lowest BCUT2D eigenvalue weighted by atomic mass is 9.86. The summed E-state index contributed by atoms with van der Waals surface area (Å²) in [6.07, 6.45) is 0. The summed E-state index contributed by atoms with van der Waals surface area (Å²) >= 11 is 1.30. The number of benzene rings is 1. The third-order valence-corrected chi connectivity index (χ3v) is 4.17. The number of nitrogens with one attached hydrogen (secondary N) is 1. The zero-order valence-corrected chi connectivity index (χ0v) is 13.7. The second-order valence-electron chi connectivity index (χ2n) is 5.97. The summed E-state index contributed by atoms with van der Waals surface area (Å²) in [4.78, 5) is 22.3. The van der Waals surface area contributed by atoms with Crippen LogP contribution in [0.3, 0.4) is 0 Å². The molecule has 1 N–H and O–H groups in total. The number of hydrogen-bond donors (Lipinski definition) is 1. The average molecular weight is 329 g/mol. The van der Waals surface area contributed by atoms with E-state index in [-0.39, 0.29) is 11.1 Å². The molecular formula is C16H15N3O3S. The standard InChI is InChI=1S/C16H15N3O3S/c1-16(2,3)13-9-23-15(12(13)8-17)18-14(20)10-4-6-11(7-5-10)19(21)22/h4-7,9H,1-3H3,(H,18,20). The highest BCUT2D eigenvalue weighted by atomic mass is 32.1. The molecule has 2 aromatic rings. The molecule has 0 radical (unpaired) electrons. The molecule has 1 heterocycles. The molecule has 6 nitrogen and oxygen atoms in total. The van der Waals surface area contributed by atoms with Crippen LogP contribution in [0.4, 0.5) is 10.7 Å². The van der Waals surface area contributed by atoms with Crippen LogP contribution in [-0.2, 0) is 5.41 Å². The summed E-state index contributed by atoms with van der Waals surface area (Å²) in [6, 6.07) is 7.46. The van der Waals surface area contributed by atoms with Gasteiger partial charge in [-0.3, -0.25) is 14.9 Å². The molecule has 0 unspecified atom stereocenters. The van der Waals surface area contributed by atoms with Crippen molar-refractivity contribution in [2.45, 2.75) is 26.2 Å². The Morgan fingerprint density at radius 2 is 1.91 bits per heavy atom. The van der Waals surface area contributed by atoms with Gasteiger partial charge in [0, 0.05) is 17.7 Å². The molecular weight excluding hydrogens is 314 g/mol. The van der Waals surface area contributed by atoms with Crippen molar-refractivity contribution in [1.82, 2.24) is 0 Å². The Labute approximate surface area is 137 Å². The van der Waals surface area contributed by atoms with E-state index in [0.29, 0.717) is 16.1 Å². The molecule has 1 amide bonds. The van der Waals surface area contributed by atoms with Crippen molar-refractivity contribution in [3.05, 3.63) is 56.5 Å². The number of hydrogen-bond acceptors (Lipinski definition) is 5. The van der Waals surface area contributed by atoms with Crippen LogP contribution in [0.1, 0.15) is 42.3 Å². The van der Waals surface area contributed by atoms with Crippen molar-refractivity contribution >= 4 is 27.9 Å². The first kappa shape index (κ1) is 16.6. The minimum atomic E-state index is -0.523. The first-order valence-electron chi connectivity index (χ1n) is 6.82. The van der Waals surface area contributed by atoms with Crippen LogP contribution >= 0.6 is 11.3 Å². The van der Waals surface area contributed by atoms with Crippen molar-refractivity contribution in [1.29, 1.82) is 5.26 Å². The summed E-state index contributed by atoms with van der Waals surface area (Å²) in [7, 11) is 0. The Morgan fingerprint density at radius 3 is 2.39 bits per heavy atom. The Bertz CT molecular complexity index is 795. The predicted molar refractivity (Wildman–Crippen MR) is 88.8 cm³/mol. The number of anilines is 1. The summed E-state index contributed by atoms with van der Waals surface area (Å²) in [5.74, 6) is -0.404. The van der Waals surface area contributed by atoms with E-state index in [9.17, 15) is 20.2 Å². The average Bonchev–Trinajstić information content (AvgIpc) is 2.90. The lowest BCUT2D eigenvalue weighted by molar-refractivity contribution is -0.384. The topological polar surface area (TPSA) is 96.0 Å². The number of nitro benzene ring substituents is 1. The Kier molecular flexibility index (Phi) is 4.48. The van der Waals surface area contributed by atoms with Gasteiger partial charge in [-0.25, -0.2) is 0 Å². The van der Waals surface area contributed by atoms with Crippen LogP contribution in [0.2, 0.25) is 0 Å². The van der Waals surface area contributed by atoms with Gasteiger partial charge in [-0.1, -0.05) is 20.8 Å². The number of thiophene rings is 1. The SMILES string of the molecule is CC(C)(C)c1csc(NC(=O)c2ccc([N+](=O)[O-])cc2)c1C#N. The van der Waals surface area contributed by atoms with E-state index in [0.717, 1.165) is 5.56 Å². The number of amides is 1. The molecule has 2 rings (SSSR count). The number of nitro groups is 1. The monoisotopic (exact) mass is 329 g/mol. The van der Waals surface area contributed by atoms with Crippen LogP contribution in [0.5, 0.6) is 0 Å². The Morgan fingerprint density at radius 1 is 1.30 bits per heavy atom. The summed E-state index contributed by atoms with van der Waals surface area (Å²) < 4.78 is 0. The minimum Gasteiger partial charge on any atom is -0.312 e. The quantitative estimate of drug-likeness (QED) is 0.678. The summed E-state index contributed by atoms with van der Waals surface area (Å²) in [5.41, 5.74) is 1.36. The maximum atomic E-state index is 12.2. The van der Waals surface area contributed by atoms with Gasteiger partial charge in [0.25, 0.3) is 11.6 Å². The van der Waals surface area contributed by atoms with Gasteiger partial charge < -0.3 is 5.32 Å². The number of nitriles is 1. The highest BCUT2D eigenvalue weighted by Crippen LogP contribution is 2.35. The summed E-state index contributed by atoms with van der Waals surface area (Å²) in [6.45, 7) is 5.99. The molecule has 23 heavy (non-hydrogen) atoms. The van der Waals surface area contributed by atoms with Crippen molar-refractivity contribution in [3.63, 3.8) is 0 Å². The van der Waals surface area contributed by atoms with Crippen molar-refractivity contribution in [2.75, 3.05) is 5.32 Å². The van der Waals surface area contributed by atoms with Gasteiger partial charge >= 0.3 is 0 Å². The zero-order valence-electron chi connectivity index (χ0n) is 12.9. The fourth-order valence-electron chi connectivity index (χ4n) is 2.02. The molecule has 0 saturated heterocycles. The maximum absolute atomic E-state index is 12.2. The number of rotatable bonds is 3. The third-order valence-electron chi connectivity index (χ3n) is 3.28. The number of nitrogens with zero attached hydrogens (tertiary/aromatic N) is 2. The van der Waals surface area contributed by atoms with E-state index >= 15 is 0 Å². The molecule has 1 aromatic carbocycles. The first-order valence-corrected chi connectivity index (χ1v) is 7.70. The van der Waals surface area contributed by atoms with Crippen LogP contribution < -0.4 is 5.32 Å². The normalized spacial score (nSPS) is 10.9. The molecule has 0 aliphatic heterocycles. The van der Waals surface area contributed by atoms with Gasteiger partial charge in [0.15, 0.2) is 0 Å². The first-order chi connectivity index (χ1) is 10.7. The van der Waals surface area contributed by atoms with Crippen LogP contribution in [-0.4, -0.2) is 10.8 Å². The molecule has 118 valence electrons. The largest absolute Gasteiger partial charge is 0.312 e. The molecule has 0 atom stereocenters. The van der Waals surface area contributed by atoms with Gasteiger partial charge in [-0.15, -0.1) is 11.3 Å². The van der Waals surface area contributed by atoms with Crippen molar-refractivity contribution < 1.29 is 9.72 Å². The molecule has 0 spiro atoms. The number of carbonyl (C=O) groups excluding carboxylic acids is 1. The van der Waals surface area contributed by atoms with E-state index < -0.39 is 10.8 Å². The van der Waals surface area contributed by atoms with Gasteiger partial charge in [-0.2, -0.15) is 5.26 Å². The maximum Gasteiger partial charge on any atom is 0.269 e. The zero-order chi connectivity index (χ0) is 17.2. The highest BCUT2D eigenvalue weighted by molar-refractivity contribution is 7.14. The molecule has 0 bridgehead atoms. The molecule has 0 aliphatic rings. The van der Waals surface area contributed by atoms with Gasteiger partial charge in [0.1, 0.15) is 11.1 Å². The van der Waals surface area contributed by atoms with Gasteiger partial charge in [-0.05, 0) is 28.5 Å². The lowest BCUT2D eigenvalue weighted by Gasteiger charge is -2.17. The summed E-state index contributed by atoms with van der Waals surface area (Å²) in [5, 5.41) is 25.0. The Balaban J connectivity index is 2.26. The molecule has 7 heteroatoms. The lowest BCUT2D eigenvalue weighted by Crippen LogP contribution is -2.14. The van der Waals surface area contributed by atoms with Crippen LogP contribution in [0, 0.1) is 21.4 Å².